The number of nitrogens with zero attached hydrogens (tertiary/aromatic N) is 2. The molecular weight excluding hydrogens is 258 g/mol. The number of piperazine rings is 1. The maximum Gasteiger partial charge on any atom is 0.189 e. The lowest BCUT2D eigenvalue weighted by molar-refractivity contribution is 0.589. The molecule has 99 valence electrons. The summed E-state index contributed by atoms with van der Waals surface area (Å²) in [4.78, 5) is 6.51. The van der Waals surface area contributed by atoms with Gasteiger partial charge in [-0.1, -0.05) is 11.3 Å². The van der Waals surface area contributed by atoms with Gasteiger partial charge in [-0.25, -0.2) is 4.98 Å². The van der Waals surface area contributed by atoms with Gasteiger partial charge in [0, 0.05) is 37.6 Å². The van der Waals surface area contributed by atoms with Gasteiger partial charge in [0.2, 0.25) is 0 Å². The summed E-state index contributed by atoms with van der Waals surface area (Å²) in [6, 6.07) is 8.40. The molecule has 2 aromatic rings. The number of nitrogens with two attached hydrogens (primary N) is 1. The van der Waals surface area contributed by atoms with Crippen LogP contribution in [0.15, 0.2) is 24.3 Å². The van der Waals surface area contributed by atoms with Gasteiger partial charge in [-0.3, -0.25) is 0 Å². The van der Waals surface area contributed by atoms with E-state index in [0.29, 0.717) is 5.82 Å². The van der Waals surface area contributed by atoms with Crippen LogP contribution in [0.1, 0.15) is 0 Å². The maximum absolute atomic E-state index is 5.55. The Morgan fingerprint density at radius 3 is 2.63 bits per heavy atom. The molecule has 1 aliphatic heterocycles. The van der Waals surface area contributed by atoms with Crippen LogP contribution in [0.2, 0.25) is 0 Å². The normalized spacial score (nSPS) is 15.5. The maximum atomic E-state index is 5.55. The first-order chi connectivity index (χ1) is 9.31. The summed E-state index contributed by atoms with van der Waals surface area (Å²) in [7, 11) is 0. The summed E-state index contributed by atoms with van der Waals surface area (Å²) in [6.45, 7) is 4.22. The Hall–Kier alpha value is -1.79. The lowest BCUT2D eigenvalue weighted by Crippen LogP contribution is -2.43. The number of benzene rings is 1. The highest BCUT2D eigenvalue weighted by Gasteiger charge is 2.10. The largest absolute Gasteiger partial charge is 0.382 e. The molecule has 4 N–H and O–H groups in total. The molecule has 1 saturated heterocycles. The molecule has 1 aromatic heterocycles. The van der Waals surface area contributed by atoms with Crippen LogP contribution in [-0.2, 0) is 0 Å². The smallest absolute Gasteiger partial charge is 0.189 e. The zero-order chi connectivity index (χ0) is 13.1. The van der Waals surface area contributed by atoms with Gasteiger partial charge in [0.15, 0.2) is 5.13 Å². The van der Waals surface area contributed by atoms with Crippen LogP contribution in [0.3, 0.4) is 0 Å². The van der Waals surface area contributed by atoms with Crippen molar-refractivity contribution >= 4 is 33.7 Å². The van der Waals surface area contributed by atoms with E-state index in [-0.39, 0.29) is 0 Å². The van der Waals surface area contributed by atoms with Crippen LogP contribution in [0.4, 0.5) is 22.3 Å². The Morgan fingerprint density at radius 1 is 1.26 bits per heavy atom. The van der Waals surface area contributed by atoms with Crippen molar-refractivity contribution in [3.05, 3.63) is 29.6 Å². The predicted octanol–water partition coefficient (Wildman–Crippen LogP) is 1.68. The third kappa shape index (κ3) is 2.97. The van der Waals surface area contributed by atoms with Crippen LogP contribution in [0, 0.1) is 5.38 Å². The van der Waals surface area contributed by atoms with Crippen LogP contribution < -0.4 is 21.3 Å². The highest BCUT2D eigenvalue weighted by molar-refractivity contribution is 7.13. The monoisotopic (exact) mass is 274 g/mol. The first kappa shape index (κ1) is 12.3. The topological polar surface area (TPSA) is 66.2 Å². The zero-order valence-corrected chi connectivity index (χ0v) is 11.3. The van der Waals surface area contributed by atoms with Gasteiger partial charge in [0.1, 0.15) is 5.82 Å². The second kappa shape index (κ2) is 5.46. The van der Waals surface area contributed by atoms with E-state index in [1.807, 2.05) is 0 Å². The van der Waals surface area contributed by atoms with E-state index in [4.69, 9.17) is 5.73 Å². The summed E-state index contributed by atoms with van der Waals surface area (Å²) in [5.74, 6) is 0.435. The number of hydrogen-bond donors (Lipinski definition) is 3. The lowest BCUT2D eigenvalue weighted by Gasteiger charge is -2.29. The summed E-state index contributed by atoms with van der Waals surface area (Å²) in [5.41, 5.74) is 7.82. The minimum Gasteiger partial charge on any atom is -0.382 e. The van der Waals surface area contributed by atoms with Crippen LogP contribution >= 0.6 is 11.3 Å². The quantitative estimate of drug-likeness (QED) is 0.794. The average molecular weight is 274 g/mol. The van der Waals surface area contributed by atoms with E-state index in [1.165, 1.54) is 17.0 Å². The molecule has 0 amide bonds. The Balaban J connectivity index is 1.68. The molecular formula is C13H16N5S. The Bertz CT molecular complexity index is 530. The van der Waals surface area contributed by atoms with Crippen LogP contribution in [-0.4, -0.2) is 31.2 Å². The lowest BCUT2D eigenvalue weighted by atomic mass is 10.2. The molecule has 0 spiro atoms. The van der Waals surface area contributed by atoms with Crippen LogP contribution in [0.5, 0.6) is 0 Å². The number of nitrogen functional groups attached to an aromatic ring is 1. The molecule has 0 atom stereocenters. The van der Waals surface area contributed by atoms with Gasteiger partial charge in [-0.05, 0) is 24.3 Å². The second-order valence-corrected chi connectivity index (χ2v) is 5.21. The van der Waals surface area contributed by atoms with E-state index < -0.39 is 0 Å². The summed E-state index contributed by atoms with van der Waals surface area (Å²) in [6.07, 6.45) is 0. The molecule has 1 aliphatic rings. The van der Waals surface area contributed by atoms with Gasteiger partial charge in [-0.15, -0.1) is 0 Å². The summed E-state index contributed by atoms with van der Waals surface area (Å²) in [5, 5.41) is 10.2. The molecule has 0 unspecified atom stereocenters. The van der Waals surface area contributed by atoms with E-state index >= 15 is 0 Å². The SMILES string of the molecule is Nc1[c]sc(Nc2ccc(N3CCNCC3)cc2)n1. The predicted molar refractivity (Wildman–Crippen MR) is 80.2 cm³/mol. The number of aromatic nitrogens is 1. The molecule has 3 rings (SSSR count). The molecule has 6 heteroatoms. The van der Waals surface area contributed by atoms with E-state index in [9.17, 15) is 0 Å². The molecule has 2 heterocycles. The number of hydrogen-bond acceptors (Lipinski definition) is 6. The Morgan fingerprint density at radius 2 is 2.00 bits per heavy atom. The molecule has 0 aliphatic carbocycles. The number of thiazole rings is 1. The number of nitrogens with one attached hydrogen (secondary N) is 2. The van der Waals surface area contributed by atoms with E-state index in [1.54, 1.807) is 0 Å². The first-order valence-corrected chi connectivity index (χ1v) is 7.10. The minimum absolute atomic E-state index is 0.435. The molecule has 5 nitrogen and oxygen atoms in total. The highest BCUT2D eigenvalue weighted by Crippen LogP contribution is 2.23. The number of anilines is 4. The summed E-state index contributed by atoms with van der Waals surface area (Å²) < 4.78 is 0. The minimum atomic E-state index is 0.435. The van der Waals surface area contributed by atoms with Gasteiger partial charge >= 0.3 is 0 Å². The zero-order valence-electron chi connectivity index (χ0n) is 10.5. The fraction of sp³-hybridized carbons (Fsp3) is 0.308. The van der Waals surface area contributed by atoms with Gasteiger partial charge in [-0.2, -0.15) is 0 Å². The fourth-order valence-electron chi connectivity index (χ4n) is 2.11. The molecule has 1 radical (unpaired) electrons. The van der Waals surface area contributed by atoms with Crippen molar-refractivity contribution in [3.8, 4) is 0 Å². The van der Waals surface area contributed by atoms with Crippen molar-refractivity contribution < 1.29 is 0 Å². The summed E-state index contributed by atoms with van der Waals surface area (Å²) >= 11 is 1.39. The van der Waals surface area contributed by atoms with Crippen LogP contribution in [0.25, 0.3) is 0 Å². The van der Waals surface area contributed by atoms with Gasteiger partial charge < -0.3 is 21.3 Å². The van der Waals surface area contributed by atoms with Crippen molar-refractivity contribution in [2.45, 2.75) is 0 Å². The molecule has 19 heavy (non-hydrogen) atoms. The standard InChI is InChI=1S/C13H16N5S/c14-12-9-19-13(17-12)16-10-1-3-11(4-2-10)18-7-5-15-6-8-18/h1-4,15H,5-8,14H2,(H,16,17). The van der Waals surface area contributed by atoms with Crippen molar-refractivity contribution in [2.75, 3.05) is 42.1 Å². The van der Waals surface area contributed by atoms with Gasteiger partial charge in [0.05, 0.1) is 5.38 Å². The fourth-order valence-corrected chi connectivity index (χ4v) is 2.67. The van der Waals surface area contributed by atoms with Crippen molar-refractivity contribution in [3.63, 3.8) is 0 Å². The molecule has 1 fully saturated rings. The third-order valence-electron chi connectivity index (χ3n) is 3.07. The molecule has 0 bridgehead atoms. The molecule has 0 saturated carbocycles. The Labute approximate surface area is 116 Å². The van der Waals surface area contributed by atoms with Gasteiger partial charge in [0.25, 0.3) is 0 Å². The highest BCUT2D eigenvalue weighted by atomic mass is 32.1. The second-order valence-electron chi connectivity index (χ2n) is 4.42. The first-order valence-electron chi connectivity index (χ1n) is 6.28. The van der Waals surface area contributed by atoms with E-state index in [0.717, 1.165) is 37.0 Å². The van der Waals surface area contributed by atoms with Crippen molar-refractivity contribution in [1.82, 2.24) is 10.3 Å². The molecule has 1 aromatic carbocycles. The van der Waals surface area contributed by atoms with Crippen molar-refractivity contribution in [2.24, 2.45) is 0 Å². The Kier molecular flexibility index (Phi) is 3.52. The number of rotatable bonds is 3. The van der Waals surface area contributed by atoms with E-state index in [2.05, 4.69) is 50.2 Å². The third-order valence-corrected chi connectivity index (χ3v) is 3.77. The average Bonchev–Trinajstić information content (AvgIpc) is 2.86. The van der Waals surface area contributed by atoms with Crippen molar-refractivity contribution in [1.29, 1.82) is 0 Å².